The lowest BCUT2D eigenvalue weighted by atomic mass is 10.1. The zero-order chi connectivity index (χ0) is 9.80. The predicted octanol–water partition coefficient (Wildman–Crippen LogP) is 0.996. The van der Waals surface area contributed by atoms with Crippen LogP contribution in [0.5, 0.6) is 5.75 Å². The Morgan fingerprint density at radius 3 is 2.79 bits per heavy atom. The molecule has 74 valence electrons. The van der Waals surface area contributed by atoms with Crippen LogP contribution in [0.4, 0.5) is 0 Å². The lowest BCUT2D eigenvalue weighted by Crippen LogP contribution is -2.43. The van der Waals surface area contributed by atoms with Crippen LogP contribution in [0.25, 0.3) is 0 Å². The summed E-state index contributed by atoms with van der Waals surface area (Å²) >= 11 is 0. The molecule has 1 saturated heterocycles. The summed E-state index contributed by atoms with van der Waals surface area (Å²) in [6.45, 7) is 1.28. The van der Waals surface area contributed by atoms with Crippen molar-refractivity contribution in [2.45, 2.75) is 12.5 Å². The van der Waals surface area contributed by atoms with Gasteiger partial charge in [-0.3, -0.25) is 4.79 Å². The zero-order valence-corrected chi connectivity index (χ0v) is 7.90. The Morgan fingerprint density at radius 2 is 2.07 bits per heavy atom. The highest BCUT2D eigenvalue weighted by Crippen LogP contribution is 2.13. The van der Waals surface area contributed by atoms with Gasteiger partial charge in [-0.1, -0.05) is 18.2 Å². The van der Waals surface area contributed by atoms with Crippen molar-refractivity contribution in [1.29, 1.82) is 0 Å². The maximum absolute atomic E-state index is 11.4. The maximum Gasteiger partial charge on any atom is 0.187 e. The third-order valence-corrected chi connectivity index (χ3v) is 2.26. The van der Waals surface area contributed by atoms with E-state index in [1.165, 1.54) is 0 Å². The van der Waals surface area contributed by atoms with Crippen LogP contribution in [0, 0.1) is 0 Å². The van der Waals surface area contributed by atoms with E-state index < -0.39 is 0 Å². The van der Waals surface area contributed by atoms with E-state index in [9.17, 15) is 4.79 Å². The number of ether oxygens (including phenoxy) is 1. The maximum atomic E-state index is 11.4. The summed E-state index contributed by atoms with van der Waals surface area (Å²) < 4.78 is 5.58. The van der Waals surface area contributed by atoms with E-state index in [0.717, 1.165) is 18.7 Å². The van der Waals surface area contributed by atoms with Crippen LogP contribution < -0.4 is 10.1 Å². The Morgan fingerprint density at radius 1 is 1.29 bits per heavy atom. The molecular weight excluding hydrogens is 178 g/mol. The summed E-state index contributed by atoms with van der Waals surface area (Å²) in [6, 6.07) is 9.48. The fourth-order valence-electron chi connectivity index (χ4n) is 1.51. The molecule has 0 bridgehead atoms. The lowest BCUT2D eigenvalue weighted by molar-refractivity contribution is -0.126. The molecule has 1 aromatic rings. The van der Waals surface area contributed by atoms with Gasteiger partial charge >= 0.3 is 0 Å². The number of hydrogen-bond donors (Lipinski definition) is 1. The Hall–Kier alpha value is -1.35. The molecule has 0 spiro atoms. The van der Waals surface area contributed by atoms with Crippen LogP contribution in [-0.4, -0.2) is 25.0 Å². The van der Waals surface area contributed by atoms with Gasteiger partial charge in [-0.05, 0) is 18.7 Å². The molecule has 0 amide bonds. The first kappa shape index (κ1) is 9.21. The molecule has 0 unspecified atom stereocenters. The first-order valence-electron chi connectivity index (χ1n) is 4.81. The van der Waals surface area contributed by atoms with Crippen LogP contribution in [0.2, 0.25) is 0 Å². The van der Waals surface area contributed by atoms with Gasteiger partial charge in [0.25, 0.3) is 0 Å². The van der Waals surface area contributed by atoms with Gasteiger partial charge in [0.15, 0.2) is 11.9 Å². The van der Waals surface area contributed by atoms with E-state index in [2.05, 4.69) is 5.32 Å². The molecule has 0 aromatic heterocycles. The number of Topliss-reactive ketones (excluding diaryl/α,β-unsaturated/α-hetero) is 1. The number of para-hydroxylation sites is 1. The van der Waals surface area contributed by atoms with Crippen LogP contribution in [0.3, 0.4) is 0 Å². The zero-order valence-electron chi connectivity index (χ0n) is 7.90. The lowest BCUT2D eigenvalue weighted by Gasteiger charge is -2.22. The van der Waals surface area contributed by atoms with Crippen molar-refractivity contribution in [2.75, 3.05) is 13.1 Å². The monoisotopic (exact) mass is 191 g/mol. The van der Waals surface area contributed by atoms with Crippen molar-refractivity contribution in [3.8, 4) is 5.75 Å². The minimum Gasteiger partial charge on any atom is -0.483 e. The van der Waals surface area contributed by atoms with E-state index in [-0.39, 0.29) is 11.9 Å². The molecule has 1 aliphatic rings. The summed E-state index contributed by atoms with van der Waals surface area (Å²) in [5, 5.41) is 3.02. The first-order chi connectivity index (χ1) is 6.86. The highest BCUT2D eigenvalue weighted by molar-refractivity contribution is 5.86. The molecule has 1 heterocycles. The molecule has 3 nitrogen and oxygen atoms in total. The van der Waals surface area contributed by atoms with Crippen molar-refractivity contribution < 1.29 is 9.53 Å². The van der Waals surface area contributed by atoms with Crippen molar-refractivity contribution in [3.05, 3.63) is 30.3 Å². The Balaban J connectivity index is 2.00. The average molecular weight is 191 g/mol. The number of carbonyl (C=O) groups excluding carboxylic acids is 1. The number of piperidine rings is 1. The summed E-state index contributed by atoms with van der Waals surface area (Å²) in [4.78, 5) is 11.4. The van der Waals surface area contributed by atoms with Crippen LogP contribution in [0.1, 0.15) is 6.42 Å². The number of hydrogen-bond acceptors (Lipinski definition) is 3. The first-order valence-corrected chi connectivity index (χ1v) is 4.81. The van der Waals surface area contributed by atoms with Crippen molar-refractivity contribution in [3.63, 3.8) is 0 Å². The van der Waals surface area contributed by atoms with E-state index in [1.807, 2.05) is 30.3 Å². The minimum absolute atomic E-state index is 0.139. The standard InChI is InChI=1S/C11H13NO2/c13-10-8-12-7-6-11(10)14-9-4-2-1-3-5-9/h1-5,11-12H,6-8H2/t11-/m1/s1. The molecule has 1 aromatic carbocycles. The third kappa shape index (κ3) is 2.12. The van der Waals surface area contributed by atoms with E-state index in [1.54, 1.807) is 0 Å². The number of nitrogens with one attached hydrogen (secondary N) is 1. The smallest absolute Gasteiger partial charge is 0.187 e. The summed E-state index contributed by atoms with van der Waals surface area (Å²) in [5.41, 5.74) is 0. The normalized spacial score (nSPS) is 22.0. The molecule has 14 heavy (non-hydrogen) atoms. The molecule has 1 aliphatic heterocycles. The fraction of sp³-hybridized carbons (Fsp3) is 0.364. The van der Waals surface area contributed by atoms with Gasteiger partial charge in [-0.25, -0.2) is 0 Å². The van der Waals surface area contributed by atoms with E-state index >= 15 is 0 Å². The quantitative estimate of drug-likeness (QED) is 0.757. The second-order valence-corrected chi connectivity index (χ2v) is 3.35. The average Bonchev–Trinajstić information content (AvgIpc) is 2.23. The molecule has 0 radical (unpaired) electrons. The molecule has 3 heteroatoms. The molecule has 0 saturated carbocycles. The summed E-state index contributed by atoms with van der Waals surface area (Å²) in [6.07, 6.45) is 0.493. The molecule has 1 fully saturated rings. The molecule has 2 rings (SSSR count). The number of ketones is 1. The fourth-order valence-corrected chi connectivity index (χ4v) is 1.51. The second kappa shape index (κ2) is 4.24. The number of rotatable bonds is 2. The largest absolute Gasteiger partial charge is 0.483 e. The minimum atomic E-state index is -0.265. The topological polar surface area (TPSA) is 38.3 Å². The Labute approximate surface area is 83.1 Å². The SMILES string of the molecule is O=C1CNCC[C@H]1Oc1ccccc1. The third-order valence-electron chi connectivity index (χ3n) is 2.26. The Kier molecular flexibility index (Phi) is 2.79. The van der Waals surface area contributed by atoms with Gasteiger partial charge in [0.1, 0.15) is 5.75 Å². The number of benzene rings is 1. The van der Waals surface area contributed by atoms with Crippen LogP contribution >= 0.6 is 0 Å². The second-order valence-electron chi connectivity index (χ2n) is 3.35. The van der Waals surface area contributed by atoms with Gasteiger partial charge in [0.05, 0.1) is 6.54 Å². The summed E-state index contributed by atoms with van der Waals surface area (Å²) in [7, 11) is 0. The van der Waals surface area contributed by atoms with E-state index in [0.29, 0.717) is 6.54 Å². The van der Waals surface area contributed by atoms with Gasteiger partial charge in [0, 0.05) is 6.42 Å². The van der Waals surface area contributed by atoms with Gasteiger partial charge in [0.2, 0.25) is 0 Å². The van der Waals surface area contributed by atoms with Gasteiger partial charge < -0.3 is 10.1 Å². The highest BCUT2D eigenvalue weighted by atomic mass is 16.5. The molecule has 0 aliphatic carbocycles. The molecular formula is C11H13NO2. The van der Waals surface area contributed by atoms with Gasteiger partial charge in [-0.15, -0.1) is 0 Å². The van der Waals surface area contributed by atoms with Crippen LogP contribution in [0.15, 0.2) is 30.3 Å². The Bertz CT molecular complexity index is 310. The number of carbonyl (C=O) groups is 1. The van der Waals surface area contributed by atoms with Crippen LogP contribution in [-0.2, 0) is 4.79 Å². The predicted molar refractivity (Wildman–Crippen MR) is 53.4 cm³/mol. The van der Waals surface area contributed by atoms with Crippen molar-refractivity contribution in [1.82, 2.24) is 5.32 Å². The van der Waals surface area contributed by atoms with Crippen molar-refractivity contribution in [2.24, 2.45) is 0 Å². The summed E-state index contributed by atoms with van der Waals surface area (Å²) in [5.74, 6) is 0.910. The highest BCUT2D eigenvalue weighted by Gasteiger charge is 2.23. The molecule has 1 atom stereocenters. The molecule has 1 N–H and O–H groups in total. The van der Waals surface area contributed by atoms with Crippen molar-refractivity contribution >= 4 is 5.78 Å². The van der Waals surface area contributed by atoms with E-state index in [4.69, 9.17) is 4.74 Å². The van der Waals surface area contributed by atoms with Gasteiger partial charge in [-0.2, -0.15) is 0 Å².